The van der Waals surface area contributed by atoms with Gasteiger partial charge in [-0.1, -0.05) is 0 Å². The minimum absolute atomic E-state index is 0.490. The van der Waals surface area contributed by atoms with Gasteiger partial charge in [0.05, 0.1) is 5.60 Å². The van der Waals surface area contributed by atoms with E-state index < -0.39 is 5.60 Å². The average molecular weight is 201 g/mol. The Bertz CT molecular complexity index is 193. The maximum absolute atomic E-state index is 9.98. The zero-order valence-electron chi connectivity index (χ0n) is 8.55. The van der Waals surface area contributed by atoms with E-state index in [1.54, 1.807) is 11.8 Å². The Balaban J connectivity index is 1.72. The van der Waals surface area contributed by atoms with Crippen molar-refractivity contribution in [2.45, 2.75) is 25.4 Å². The van der Waals surface area contributed by atoms with Crippen LogP contribution in [0.5, 0.6) is 0 Å². The van der Waals surface area contributed by atoms with E-state index in [9.17, 15) is 5.11 Å². The molecule has 0 radical (unpaired) electrons. The SMILES string of the molecule is CSCC(C)(O)CN1CC2(CC2)C1. The van der Waals surface area contributed by atoms with E-state index in [-0.39, 0.29) is 0 Å². The Labute approximate surface area is 84.7 Å². The molecule has 2 rings (SSSR count). The minimum atomic E-state index is -0.490. The molecule has 0 aromatic rings. The third-order valence-electron chi connectivity index (χ3n) is 3.09. The summed E-state index contributed by atoms with van der Waals surface area (Å²) in [4.78, 5) is 2.39. The lowest BCUT2D eigenvalue weighted by atomic mass is 9.94. The van der Waals surface area contributed by atoms with E-state index in [0.717, 1.165) is 17.7 Å². The summed E-state index contributed by atoms with van der Waals surface area (Å²) in [6.07, 6.45) is 4.90. The van der Waals surface area contributed by atoms with E-state index >= 15 is 0 Å². The summed E-state index contributed by atoms with van der Waals surface area (Å²) < 4.78 is 0. The summed E-state index contributed by atoms with van der Waals surface area (Å²) in [6.45, 7) is 5.27. The van der Waals surface area contributed by atoms with Crippen LogP contribution in [-0.2, 0) is 0 Å². The van der Waals surface area contributed by atoms with E-state index in [2.05, 4.69) is 4.90 Å². The van der Waals surface area contributed by atoms with Gasteiger partial charge in [-0.05, 0) is 31.4 Å². The predicted molar refractivity (Wildman–Crippen MR) is 57.1 cm³/mol. The second-order valence-electron chi connectivity index (χ2n) is 5.08. The van der Waals surface area contributed by atoms with Crippen molar-refractivity contribution in [1.82, 2.24) is 4.90 Å². The number of β-amino-alcohol motifs (C(OH)–C–C–N with tert-alkyl or cyclic N) is 1. The molecule has 1 unspecified atom stereocenters. The molecule has 1 aliphatic carbocycles. The number of rotatable bonds is 4. The normalized spacial score (nSPS) is 29.8. The molecule has 13 heavy (non-hydrogen) atoms. The molecule has 1 aliphatic heterocycles. The molecule has 1 saturated carbocycles. The lowest BCUT2D eigenvalue weighted by Gasteiger charge is -2.43. The van der Waals surface area contributed by atoms with Gasteiger partial charge in [0.15, 0.2) is 0 Å². The quantitative estimate of drug-likeness (QED) is 0.739. The van der Waals surface area contributed by atoms with Crippen LogP contribution in [0.1, 0.15) is 19.8 Å². The monoisotopic (exact) mass is 201 g/mol. The molecule has 1 heterocycles. The van der Waals surface area contributed by atoms with Gasteiger partial charge in [0.2, 0.25) is 0 Å². The molecule has 0 amide bonds. The Hall–Kier alpha value is 0.270. The standard InChI is InChI=1S/C10H19NOS/c1-9(12,8-13-2)5-11-6-10(7-11)3-4-10/h12H,3-8H2,1-2H3. The summed E-state index contributed by atoms with van der Waals surface area (Å²) in [5.74, 6) is 0.844. The Morgan fingerprint density at radius 2 is 2.08 bits per heavy atom. The maximum atomic E-state index is 9.98. The number of nitrogens with zero attached hydrogens (tertiary/aromatic N) is 1. The lowest BCUT2D eigenvalue weighted by molar-refractivity contribution is -0.0125. The van der Waals surface area contributed by atoms with Crippen molar-refractivity contribution in [3.63, 3.8) is 0 Å². The first-order chi connectivity index (χ1) is 6.05. The largest absolute Gasteiger partial charge is 0.388 e. The highest BCUT2D eigenvalue weighted by Crippen LogP contribution is 2.52. The number of hydrogen-bond acceptors (Lipinski definition) is 3. The molecular weight excluding hydrogens is 182 g/mol. The van der Waals surface area contributed by atoms with Crippen LogP contribution in [0.4, 0.5) is 0 Å². The fraction of sp³-hybridized carbons (Fsp3) is 1.00. The Morgan fingerprint density at radius 1 is 1.46 bits per heavy atom. The molecule has 0 aromatic heterocycles. The molecule has 2 fully saturated rings. The second kappa shape index (κ2) is 3.14. The van der Waals surface area contributed by atoms with Crippen LogP contribution < -0.4 is 0 Å². The molecule has 2 aliphatic rings. The summed E-state index contributed by atoms with van der Waals surface area (Å²) in [5, 5.41) is 9.98. The molecule has 2 nitrogen and oxygen atoms in total. The predicted octanol–water partition coefficient (Wildman–Crippen LogP) is 1.20. The van der Waals surface area contributed by atoms with Gasteiger partial charge in [0, 0.05) is 25.4 Å². The van der Waals surface area contributed by atoms with Crippen molar-refractivity contribution in [2.24, 2.45) is 5.41 Å². The molecule has 3 heteroatoms. The second-order valence-corrected chi connectivity index (χ2v) is 5.94. The molecule has 76 valence electrons. The zero-order chi connectivity index (χ0) is 9.53. The number of likely N-dealkylation sites (tertiary alicyclic amines) is 1. The average Bonchev–Trinajstić information content (AvgIpc) is 2.64. The molecule has 1 spiro atoms. The minimum Gasteiger partial charge on any atom is -0.388 e. The molecule has 0 aromatic carbocycles. The molecular formula is C10H19NOS. The highest BCUT2D eigenvalue weighted by molar-refractivity contribution is 7.98. The van der Waals surface area contributed by atoms with Crippen molar-refractivity contribution in [1.29, 1.82) is 0 Å². The first kappa shape index (κ1) is 9.81. The highest BCUT2D eigenvalue weighted by atomic mass is 32.2. The van der Waals surface area contributed by atoms with Crippen molar-refractivity contribution in [2.75, 3.05) is 31.6 Å². The van der Waals surface area contributed by atoms with Gasteiger partial charge < -0.3 is 5.11 Å². The summed E-state index contributed by atoms with van der Waals surface area (Å²) in [7, 11) is 0. The van der Waals surface area contributed by atoms with Gasteiger partial charge in [-0.15, -0.1) is 0 Å². The number of aliphatic hydroxyl groups is 1. The maximum Gasteiger partial charge on any atom is 0.0835 e. The van der Waals surface area contributed by atoms with Crippen molar-refractivity contribution in [3.05, 3.63) is 0 Å². The third-order valence-corrected chi connectivity index (χ3v) is 4.01. The zero-order valence-corrected chi connectivity index (χ0v) is 9.36. The van der Waals surface area contributed by atoms with Crippen molar-refractivity contribution >= 4 is 11.8 Å². The number of hydrogen-bond donors (Lipinski definition) is 1. The van der Waals surface area contributed by atoms with Crippen molar-refractivity contribution in [3.8, 4) is 0 Å². The fourth-order valence-electron chi connectivity index (χ4n) is 2.35. The molecule has 1 N–H and O–H groups in total. The summed E-state index contributed by atoms with van der Waals surface area (Å²) in [5.41, 5.74) is 0.228. The molecule has 1 atom stereocenters. The molecule has 1 saturated heterocycles. The van der Waals surface area contributed by atoms with Crippen LogP contribution in [0.15, 0.2) is 0 Å². The van der Waals surface area contributed by atoms with Crippen LogP contribution in [0.25, 0.3) is 0 Å². The smallest absolute Gasteiger partial charge is 0.0835 e. The van der Waals surface area contributed by atoms with Crippen molar-refractivity contribution < 1.29 is 5.11 Å². The number of thioether (sulfide) groups is 1. The molecule has 0 bridgehead atoms. The lowest BCUT2D eigenvalue weighted by Crippen LogP contribution is -2.54. The Kier molecular flexibility index (Phi) is 2.37. The van der Waals surface area contributed by atoms with Crippen LogP contribution in [0.2, 0.25) is 0 Å². The third kappa shape index (κ3) is 2.20. The van der Waals surface area contributed by atoms with Crippen LogP contribution in [0.3, 0.4) is 0 Å². The Morgan fingerprint density at radius 3 is 2.54 bits per heavy atom. The first-order valence-corrected chi connectivity index (χ1v) is 6.38. The van der Waals surface area contributed by atoms with Gasteiger partial charge in [-0.3, -0.25) is 4.90 Å². The van der Waals surface area contributed by atoms with E-state index in [0.29, 0.717) is 0 Å². The summed E-state index contributed by atoms with van der Waals surface area (Å²) in [6, 6.07) is 0. The van der Waals surface area contributed by atoms with E-state index in [4.69, 9.17) is 0 Å². The van der Waals surface area contributed by atoms with Crippen LogP contribution in [0, 0.1) is 5.41 Å². The first-order valence-electron chi connectivity index (χ1n) is 4.99. The van der Waals surface area contributed by atoms with E-state index in [1.807, 2.05) is 13.2 Å². The van der Waals surface area contributed by atoms with Gasteiger partial charge in [-0.2, -0.15) is 11.8 Å². The van der Waals surface area contributed by atoms with E-state index in [1.165, 1.54) is 25.9 Å². The van der Waals surface area contributed by atoms with Crippen LogP contribution in [-0.4, -0.2) is 47.3 Å². The van der Waals surface area contributed by atoms with Crippen LogP contribution >= 0.6 is 11.8 Å². The van der Waals surface area contributed by atoms with Gasteiger partial charge in [-0.25, -0.2) is 0 Å². The topological polar surface area (TPSA) is 23.5 Å². The van der Waals surface area contributed by atoms with Gasteiger partial charge in [0.25, 0.3) is 0 Å². The summed E-state index contributed by atoms with van der Waals surface area (Å²) >= 11 is 1.72. The highest BCUT2D eigenvalue weighted by Gasteiger charge is 2.52. The fourth-order valence-corrected chi connectivity index (χ4v) is 3.06. The van der Waals surface area contributed by atoms with Gasteiger partial charge in [0.1, 0.15) is 0 Å². The van der Waals surface area contributed by atoms with Gasteiger partial charge >= 0.3 is 0 Å².